The van der Waals surface area contributed by atoms with E-state index in [-0.39, 0.29) is 12.0 Å². The van der Waals surface area contributed by atoms with Gasteiger partial charge in [-0.2, -0.15) is 13.2 Å². The molecule has 0 aromatic heterocycles. The SMILES string of the molecule is CC(C)(C)C[C@H](N[C@@H](c1ccccc1)C(F)(F)F)C(=O)O. The lowest BCUT2D eigenvalue weighted by Crippen LogP contribution is -2.46. The number of rotatable bonds is 5. The zero-order chi connectivity index (χ0) is 16.3. The number of carboxylic acid groups (broad SMARTS) is 1. The van der Waals surface area contributed by atoms with E-state index >= 15 is 0 Å². The fraction of sp³-hybridized carbons (Fsp3) is 0.533. The Morgan fingerprint density at radius 2 is 1.71 bits per heavy atom. The van der Waals surface area contributed by atoms with Crippen molar-refractivity contribution >= 4 is 5.97 Å². The van der Waals surface area contributed by atoms with E-state index in [4.69, 9.17) is 5.11 Å². The number of alkyl halides is 3. The molecule has 0 heterocycles. The molecule has 21 heavy (non-hydrogen) atoms. The molecule has 0 amide bonds. The molecule has 0 unspecified atom stereocenters. The van der Waals surface area contributed by atoms with Crippen molar-refractivity contribution in [3.63, 3.8) is 0 Å². The summed E-state index contributed by atoms with van der Waals surface area (Å²) in [5.41, 5.74) is -0.395. The van der Waals surface area contributed by atoms with Crippen molar-refractivity contribution in [3.05, 3.63) is 35.9 Å². The van der Waals surface area contributed by atoms with Crippen molar-refractivity contribution < 1.29 is 23.1 Å². The summed E-state index contributed by atoms with van der Waals surface area (Å²) < 4.78 is 39.6. The van der Waals surface area contributed by atoms with Gasteiger partial charge < -0.3 is 5.11 Å². The summed E-state index contributed by atoms with van der Waals surface area (Å²) in [6.07, 6.45) is -4.46. The minimum atomic E-state index is -4.56. The highest BCUT2D eigenvalue weighted by Crippen LogP contribution is 2.34. The second-order valence-corrected chi connectivity index (χ2v) is 6.21. The Balaban J connectivity index is 3.02. The van der Waals surface area contributed by atoms with Gasteiger partial charge in [0.05, 0.1) is 0 Å². The molecular weight excluding hydrogens is 283 g/mol. The first-order valence-electron chi connectivity index (χ1n) is 6.61. The largest absolute Gasteiger partial charge is 0.480 e. The van der Waals surface area contributed by atoms with Crippen LogP contribution in [0.3, 0.4) is 0 Å². The molecule has 118 valence electrons. The second-order valence-electron chi connectivity index (χ2n) is 6.21. The molecular formula is C15H20F3NO2. The number of nitrogens with one attached hydrogen (secondary N) is 1. The topological polar surface area (TPSA) is 49.3 Å². The highest BCUT2D eigenvalue weighted by Gasteiger charge is 2.43. The van der Waals surface area contributed by atoms with Crippen molar-refractivity contribution in [1.29, 1.82) is 0 Å². The molecule has 0 spiro atoms. The van der Waals surface area contributed by atoms with Gasteiger partial charge in [0, 0.05) is 0 Å². The van der Waals surface area contributed by atoms with Gasteiger partial charge in [-0.25, -0.2) is 0 Å². The smallest absolute Gasteiger partial charge is 0.407 e. The molecule has 1 aromatic carbocycles. The van der Waals surface area contributed by atoms with Crippen LogP contribution >= 0.6 is 0 Å². The van der Waals surface area contributed by atoms with Crippen LogP contribution in [-0.2, 0) is 4.79 Å². The Morgan fingerprint density at radius 1 is 1.19 bits per heavy atom. The van der Waals surface area contributed by atoms with Crippen LogP contribution in [0.1, 0.15) is 38.8 Å². The third-order valence-corrected chi connectivity index (χ3v) is 2.94. The highest BCUT2D eigenvalue weighted by molar-refractivity contribution is 5.73. The Labute approximate surface area is 122 Å². The molecule has 0 radical (unpaired) electrons. The molecule has 0 bridgehead atoms. The first kappa shape index (κ1) is 17.5. The Bertz CT molecular complexity index is 466. The van der Waals surface area contributed by atoms with E-state index in [1.54, 1.807) is 26.8 Å². The van der Waals surface area contributed by atoms with E-state index in [0.717, 1.165) is 0 Å². The van der Waals surface area contributed by atoms with Crippen LogP contribution in [0.2, 0.25) is 0 Å². The van der Waals surface area contributed by atoms with E-state index in [1.165, 1.54) is 24.3 Å². The van der Waals surface area contributed by atoms with Gasteiger partial charge >= 0.3 is 12.1 Å². The van der Waals surface area contributed by atoms with Crippen LogP contribution in [0.15, 0.2) is 30.3 Å². The predicted octanol–water partition coefficient (Wildman–Crippen LogP) is 3.77. The molecule has 0 aliphatic rings. The summed E-state index contributed by atoms with van der Waals surface area (Å²) in [6, 6.07) is 4.01. The Morgan fingerprint density at radius 3 is 2.10 bits per heavy atom. The van der Waals surface area contributed by atoms with Crippen molar-refractivity contribution in [2.45, 2.75) is 45.5 Å². The zero-order valence-corrected chi connectivity index (χ0v) is 12.2. The normalized spacial score (nSPS) is 15.5. The van der Waals surface area contributed by atoms with Crippen LogP contribution in [0.4, 0.5) is 13.2 Å². The number of hydrogen-bond donors (Lipinski definition) is 2. The van der Waals surface area contributed by atoms with Gasteiger partial charge in [-0.1, -0.05) is 51.1 Å². The van der Waals surface area contributed by atoms with Crippen molar-refractivity contribution in [2.24, 2.45) is 5.41 Å². The summed E-state index contributed by atoms with van der Waals surface area (Å²) in [4.78, 5) is 11.2. The quantitative estimate of drug-likeness (QED) is 0.870. The Kier molecular flexibility index (Phi) is 5.39. The maximum atomic E-state index is 13.2. The summed E-state index contributed by atoms with van der Waals surface area (Å²) in [7, 11) is 0. The van der Waals surface area contributed by atoms with Gasteiger partial charge in [0.1, 0.15) is 12.1 Å². The molecule has 0 aliphatic heterocycles. The average molecular weight is 303 g/mol. The molecule has 1 aromatic rings. The number of benzene rings is 1. The van der Waals surface area contributed by atoms with Crippen LogP contribution in [0.25, 0.3) is 0 Å². The van der Waals surface area contributed by atoms with Gasteiger partial charge in [-0.15, -0.1) is 0 Å². The predicted molar refractivity (Wildman–Crippen MR) is 73.9 cm³/mol. The fourth-order valence-corrected chi connectivity index (χ4v) is 2.06. The summed E-state index contributed by atoms with van der Waals surface area (Å²) >= 11 is 0. The van der Waals surface area contributed by atoms with Gasteiger partial charge in [0.2, 0.25) is 0 Å². The van der Waals surface area contributed by atoms with Crippen molar-refractivity contribution in [3.8, 4) is 0 Å². The first-order chi connectivity index (χ1) is 9.50. The van der Waals surface area contributed by atoms with E-state index in [0.29, 0.717) is 0 Å². The van der Waals surface area contributed by atoms with E-state index < -0.39 is 29.6 Å². The second kappa shape index (κ2) is 6.47. The monoisotopic (exact) mass is 303 g/mol. The van der Waals surface area contributed by atoms with Crippen LogP contribution in [-0.4, -0.2) is 23.3 Å². The molecule has 2 atom stereocenters. The van der Waals surface area contributed by atoms with Gasteiger partial charge in [-0.05, 0) is 17.4 Å². The minimum absolute atomic E-state index is 0.00478. The number of aliphatic carboxylic acids is 1. The fourth-order valence-electron chi connectivity index (χ4n) is 2.06. The van der Waals surface area contributed by atoms with Crippen LogP contribution in [0, 0.1) is 5.41 Å². The van der Waals surface area contributed by atoms with Crippen molar-refractivity contribution in [1.82, 2.24) is 5.32 Å². The molecule has 3 nitrogen and oxygen atoms in total. The van der Waals surface area contributed by atoms with Gasteiger partial charge in [-0.3, -0.25) is 10.1 Å². The molecule has 0 saturated heterocycles. The highest BCUT2D eigenvalue weighted by atomic mass is 19.4. The molecule has 2 N–H and O–H groups in total. The zero-order valence-electron chi connectivity index (χ0n) is 12.2. The molecule has 0 saturated carbocycles. The molecule has 6 heteroatoms. The molecule has 1 rings (SSSR count). The number of halogens is 3. The minimum Gasteiger partial charge on any atom is -0.480 e. The molecule has 0 aliphatic carbocycles. The van der Waals surface area contributed by atoms with Gasteiger partial charge in [0.25, 0.3) is 0 Å². The van der Waals surface area contributed by atoms with E-state index in [2.05, 4.69) is 5.32 Å². The summed E-state index contributed by atoms with van der Waals surface area (Å²) in [6.45, 7) is 5.36. The standard InChI is InChI=1S/C15H20F3NO2/c1-14(2,3)9-11(13(20)21)19-12(15(16,17)18)10-7-5-4-6-8-10/h4-8,11-12,19H,9H2,1-3H3,(H,20,21)/t11-,12-/m0/s1. The van der Waals surface area contributed by atoms with E-state index in [9.17, 15) is 18.0 Å². The summed E-state index contributed by atoms with van der Waals surface area (Å²) in [5, 5.41) is 11.4. The van der Waals surface area contributed by atoms with Crippen LogP contribution < -0.4 is 5.32 Å². The lowest BCUT2D eigenvalue weighted by molar-refractivity contribution is -0.164. The van der Waals surface area contributed by atoms with E-state index in [1.807, 2.05) is 0 Å². The van der Waals surface area contributed by atoms with Crippen molar-refractivity contribution in [2.75, 3.05) is 0 Å². The third kappa shape index (κ3) is 5.75. The van der Waals surface area contributed by atoms with Gasteiger partial charge in [0.15, 0.2) is 0 Å². The maximum Gasteiger partial charge on any atom is 0.407 e. The first-order valence-corrected chi connectivity index (χ1v) is 6.61. The lowest BCUT2D eigenvalue weighted by atomic mass is 9.87. The number of carboxylic acids is 1. The number of carbonyl (C=O) groups is 1. The lowest BCUT2D eigenvalue weighted by Gasteiger charge is -2.29. The Hall–Kier alpha value is -1.56. The summed E-state index contributed by atoms with van der Waals surface area (Å²) in [5.74, 6) is -1.28. The maximum absolute atomic E-state index is 13.2. The third-order valence-electron chi connectivity index (χ3n) is 2.94. The van der Waals surface area contributed by atoms with Crippen LogP contribution in [0.5, 0.6) is 0 Å². The molecule has 0 fully saturated rings. The average Bonchev–Trinajstić information content (AvgIpc) is 2.32. The number of hydrogen-bond acceptors (Lipinski definition) is 2.